The third-order valence-corrected chi connectivity index (χ3v) is 4.60. The lowest BCUT2D eigenvalue weighted by Gasteiger charge is -2.22. The van der Waals surface area contributed by atoms with Crippen LogP contribution in [0.1, 0.15) is 23.5 Å². The Kier molecular flexibility index (Phi) is 7.38. The number of para-hydroxylation sites is 1. The Hall–Kier alpha value is -2.16. The van der Waals surface area contributed by atoms with Crippen LogP contribution in [0.3, 0.4) is 0 Å². The molecule has 1 saturated heterocycles. The Labute approximate surface area is 170 Å². The van der Waals surface area contributed by atoms with E-state index in [1.165, 1.54) is 11.6 Å². The summed E-state index contributed by atoms with van der Waals surface area (Å²) < 4.78 is 0. The van der Waals surface area contributed by atoms with Gasteiger partial charge in [0.1, 0.15) is 0 Å². The van der Waals surface area contributed by atoms with Gasteiger partial charge >= 0.3 is 0 Å². The lowest BCUT2D eigenvalue weighted by Crippen LogP contribution is -2.39. The van der Waals surface area contributed by atoms with Gasteiger partial charge in [0.05, 0.1) is 4.92 Å². The number of aliphatic imine (C=N–C) groups is 1. The highest BCUT2D eigenvalue weighted by molar-refractivity contribution is 14.0. The molecule has 1 aliphatic rings. The molecule has 1 fully saturated rings. The molecule has 1 atom stereocenters. The molecule has 0 spiro atoms. The van der Waals surface area contributed by atoms with Crippen molar-refractivity contribution in [2.75, 3.05) is 20.1 Å². The van der Waals surface area contributed by atoms with Crippen LogP contribution < -0.4 is 5.32 Å². The Bertz CT molecular complexity index is 767. The van der Waals surface area contributed by atoms with Crippen LogP contribution >= 0.6 is 24.0 Å². The number of guanidine groups is 1. The third-order valence-electron chi connectivity index (χ3n) is 4.60. The Morgan fingerprint density at radius 2 is 1.92 bits per heavy atom. The minimum Gasteiger partial charge on any atom is -0.352 e. The molecule has 0 aliphatic carbocycles. The highest BCUT2D eigenvalue weighted by Crippen LogP contribution is 2.27. The van der Waals surface area contributed by atoms with Gasteiger partial charge in [-0.15, -0.1) is 24.0 Å². The zero-order chi connectivity index (χ0) is 17.6. The molecule has 0 amide bonds. The van der Waals surface area contributed by atoms with Crippen molar-refractivity contribution in [2.45, 2.75) is 18.9 Å². The van der Waals surface area contributed by atoms with Gasteiger partial charge in [0.25, 0.3) is 5.69 Å². The van der Waals surface area contributed by atoms with E-state index < -0.39 is 0 Å². The van der Waals surface area contributed by atoms with E-state index in [1.54, 1.807) is 19.2 Å². The van der Waals surface area contributed by atoms with E-state index >= 15 is 0 Å². The number of nitrogens with one attached hydrogen (secondary N) is 1. The molecular formula is C19H23IN4O2. The maximum Gasteiger partial charge on any atom is 0.274 e. The molecule has 3 rings (SSSR count). The lowest BCUT2D eigenvalue weighted by molar-refractivity contribution is -0.385. The number of nitrogens with zero attached hydrogens (tertiary/aromatic N) is 3. The maximum absolute atomic E-state index is 11.1. The van der Waals surface area contributed by atoms with E-state index in [9.17, 15) is 10.1 Å². The van der Waals surface area contributed by atoms with E-state index in [2.05, 4.69) is 39.5 Å². The van der Waals surface area contributed by atoms with Crippen LogP contribution in [-0.4, -0.2) is 35.9 Å². The number of benzene rings is 2. The quantitative estimate of drug-likeness (QED) is 0.245. The monoisotopic (exact) mass is 466 g/mol. The van der Waals surface area contributed by atoms with E-state index in [0.717, 1.165) is 25.5 Å². The molecule has 1 unspecified atom stereocenters. The summed E-state index contributed by atoms with van der Waals surface area (Å²) >= 11 is 0. The number of rotatable bonds is 4. The molecular weight excluding hydrogens is 443 g/mol. The highest BCUT2D eigenvalue weighted by Gasteiger charge is 2.26. The van der Waals surface area contributed by atoms with Crippen molar-refractivity contribution in [1.29, 1.82) is 0 Å². The molecule has 2 aromatic carbocycles. The second kappa shape index (κ2) is 9.51. The van der Waals surface area contributed by atoms with Crippen molar-refractivity contribution >= 4 is 35.6 Å². The molecule has 1 N–H and O–H groups in total. The van der Waals surface area contributed by atoms with Gasteiger partial charge in [0, 0.05) is 44.2 Å². The van der Waals surface area contributed by atoms with Crippen molar-refractivity contribution in [3.8, 4) is 0 Å². The summed E-state index contributed by atoms with van der Waals surface area (Å²) in [6, 6.07) is 17.3. The Morgan fingerprint density at radius 1 is 1.23 bits per heavy atom. The zero-order valence-electron chi connectivity index (χ0n) is 14.7. The van der Waals surface area contributed by atoms with Gasteiger partial charge in [0.2, 0.25) is 0 Å². The van der Waals surface area contributed by atoms with Crippen molar-refractivity contribution in [3.05, 3.63) is 75.8 Å². The summed E-state index contributed by atoms with van der Waals surface area (Å²) in [4.78, 5) is 17.3. The number of hydrogen-bond donors (Lipinski definition) is 1. The number of halogens is 1. The fourth-order valence-corrected chi connectivity index (χ4v) is 3.29. The second-order valence-electron chi connectivity index (χ2n) is 6.13. The second-order valence-corrected chi connectivity index (χ2v) is 6.13. The van der Waals surface area contributed by atoms with Gasteiger partial charge in [-0.3, -0.25) is 15.1 Å². The van der Waals surface area contributed by atoms with Crippen molar-refractivity contribution < 1.29 is 4.92 Å². The van der Waals surface area contributed by atoms with Gasteiger partial charge in [-0.2, -0.15) is 0 Å². The normalized spacial score (nSPS) is 16.9. The molecule has 138 valence electrons. The van der Waals surface area contributed by atoms with Gasteiger partial charge in [0.15, 0.2) is 5.96 Å². The molecule has 0 bridgehead atoms. The standard InChI is InChI=1S/C19H22N4O2.HI/c1-20-19(21-13-16-9-5-6-10-18(16)23(24)25)22-12-11-17(14-22)15-7-3-2-4-8-15;/h2-10,17H,11-14H2,1H3,(H,20,21);1H. The number of nitro groups is 1. The minimum absolute atomic E-state index is 0. The van der Waals surface area contributed by atoms with Crippen LogP contribution in [0, 0.1) is 10.1 Å². The van der Waals surface area contributed by atoms with Crippen molar-refractivity contribution in [3.63, 3.8) is 0 Å². The van der Waals surface area contributed by atoms with Crippen molar-refractivity contribution in [1.82, 2.24) is 10.2 Å². The largest absolute Gasteiger partial charge is 0.352 e. The molecule has 6 nitrogen and oxygen atoms in total. The Balaban J connectivity index is 0.00000243. The van der Waals surface area contributed by atoms with Crippen LogP contribution in [0.2, 0.25) is 0 Å². The van der Waals surface area contributed by atoms with Crippen LogP contribution in [0.4, 0.5) is 5.69 Å². The fraction of sp³-hybridized carbons (Fsp3) is 0.316. The minimum atomic E-state index is -0.346. The number of nitro benzene ring substituents is 1. The average Bonchev–Trinajstić information content (AvgIpc) is 3.13. The zero-order valence-corrected chi connectivity index (χ0v) is 17.0. The van der Waals surface area contributed by atoms with Crippen LogP contribution in [-0.2, 0) is 6.54 Å². The lowest BCUT2D eigenvalue weighted by atomic mass is 9.99. The van der Waals surface area contributed by atoms with Gasteiger partial charge < -0.3 is 10.2 Å². The predicted octanol–water partition coefficient (Wildman–Crippen LogP) is 3.78. The SMILES string of the molecule is CN=C(NCc1ccccc1[N+](=O)[O-])N1CCC(c2ccccc2)C1.I. The summed E-state index contributed by atoms with van der Waals surface area (Å²) in [5, 5.41) is 14.4. The first-order chi connectivity index (χ1) is 12.2. The van der Waals surface area contributed by atoms with Gasteiger partial charge in [-0.05, 0) is 12.0 Å². The van der Waals surface area contributed by atoms with E-state index in [-0.39, 0.29) is 34.6 Å². The summed E-state index contributed by atoms with van der Waals surface area (Å²) in [6.45, 7) is 2.22. The summed E-state index contributed by atoms with van der Waals surface area (Å²) in [7, 11) is 1.75. The molecule has 0 saturated carbocycles. The topological polar surface area (TPSA) is 70.8 Å². The third kappa shape index (κ3) is 4.72. The van der Waals surface area contributed by atoms with Crippen LogP contribution in [0.25, 0.3) is 0 Å². The number of likely N-dealkylation sites (tertiary alicyclic amines) is 1. The first-order valence-corrected chi connectivity index (χ1v) is 8.42. The molecule has 1 aliphatic heterocycles. The first kappa shape index (κ1) is 20.2. The van der Waals surface area contributed by atoms with Gasteiger partial charge in [-0.25, -0.2) is 0 Å². The molecule has 0 aromatic heterocycles. The van der Waals surface area contributed by atoms with E-state index in [1.807, 2.05) is 12.1 Å². The van der Waals surface area contributed by atoms with E-state index in [0.29, 0.717) is 18.0 Å². The summed E-state index contributed by atoms with van der Waals surface area (Å²) in [6.07, 6.45) is 1.08. The Morgan fingerprint density at radius 3 is 2.62 bits per heavy atom. The average molecular weight is 466 g/mol. The maximum atomic E-state index is 11.1. The highest BCUT2D eigenvalue weighted by atomic mass is 127. The fourth-order valence-electron chi connectivity index (χ4n) is 3.29. The molecule has 26 heavy (non-hydrogen) atoms. The smallest absolute Gasteiger partial charge is 0.274 e. The molecule has 7 heteroatoms. The summed E-state index contributed by atoms with van der Waals surface area (Å²) in [5.74, 6) is 1.28. The predicted molar refractivity (Wildman–Crippen MR) is 114 cm³/mol. The van der Waals surface area contributed by atoms with Crippen LogP contribution in [0.15, 0.2) is 59.6 Å². The molecule has 1 heterocycles. The van der Waals surface area contributed by atoms with E-state index in [4.69, 9.17) is 0 Å². The first-order valence-electron chi connectivity index (χ1n) is 8.42. The van der Waals surface area contributed by atoms with Crippen molar-refractivity contribution in [2.24, 2.45) is 4.99 Å². The molecule has 0 radical (unpaired) electrons. The molecule has 2 aromatic rings. The van der Waals surface area contributed by atoms with Gasteiger partial charge in [-0.1, -0.05) is 48.5 Å². The van der Waals surface area contributed by atoms with Crippen LogP contribution in [0.5, 0.6) is 0 Å². The number of hydrogen-bond acceptors (Lipinski definition) is 3. The summed E-state index contributed by atoms with van der Waals surface area (Å²) in [5.41, 5.74) is 2.14.